The predicted octanol–water partition coefficient (Wildman–Crippen LogP) is 2.15. The molecule has 0 atom stereocenters. The van der Waals surface area contributed by atoms with Gasteiger partial charge in [-0.2, -0.15) is 0 Å². The minimum absolute atomic E-state index is 0.0131. The zero-order valence-electron chi connectivity index (χ0n) is 14.8. The summed E-state index contributed by atoms with van der Waals surface area (Å²) in [6.45, 7) is 0. The Balaban J connectivity index is 1.66. The molecular formula is C17H24N4O3S2. The lowest BCUT2D eigenvalue weighted by Crippen LogP contribution is -2.35. The second kappa shape index (κ2) is 7.98. The molecule has 1 fully saturated rings. The second-order valence-electron chi connectivity index (χ2n) is 6.69. The van der Waals surface area contributed by atoms with E-state index < -0.39 is 10.0 Å². The lowest BCUT2D eigenvalue weighted by molar-refractivity contribution is -0.119. The molecule has 0 saturated heterocycles. The van der Waals surface area contributed by atoms with Crippen LogP contribution in [0.1, 0.15) is 38.5 Å². The minimum atomic E-state index is -3.76. The van der Waals surface area contributed by atoms with E-state index in [1.54, 1.807) is 6.07 Å². The number of nitrogens with one attached hydrogen (secondary N) is 1. The Bertz CT molecular complexity index is 900. The van der Waals surface area contributed by atoms with Crippen LogP contribution >= 0.6 is 11.8 Å². The van der Waals surface area contributed by atoms with E-state index in [1.807, 2.05) is 11.6 Å². The van der Waals surface area contributed by atoms with Crippen LogP contribution in [0.25, 0.3) is 11.0 Å². The largest absolute Gasteiger partial charge is 0.353 e. The third-order valence-corrected chi connectivity index (χ3v) is 6.63. The summed E-state index contributed by atoms with van der Waals surface area (Å²) < 4.78 is 24.8. The number of hydrogen-bond acceptors (Lipinski definition) is 5. The van der Waals surface area contributed by atoms with E-state index in [0.717, 1.165) is 18.4 Å². The fraction of sp³-hybridized carbons (Fsp3) is 0.529. The average Bonchev–Trinajstić information content (AvgIpc) is 2.74. The highest BCUT2D eigenvalue weighted by Gasteiger charge is 2.17. The molecule has 1 heterocycles. The van der Waals surface area contributed by atoms with Crippen LogP contribution in [0.15, 0.2) is 28.3 Å². The molecule has 1 saturated carbocycles. The maximum atomic E-state index is 12.2. The summed E-state index contributed by atoms with van der Waals surface area (Å²) in [7, 11) is -1.92. The van der Waals surface area contributed by atoms with Gasteiger partial charge in [-0.1, -0.05) is 37.4 Å². The minimum Gasteiger partial charge on any atom is -0.353 e. The molecule has 0 unspecified atom stereocenters. The number of imidazole rings is 1. The summed E-state index contributed by atoms with van der Waals surface area (Å²) in [4.78, 5) is 16.7. The van der Waals surface area contributed by atoms with Crippen LogP contribution in [-0.2, 0) is 21.9 Å². The van der Waals surface area contributed by atoms with Gasteiger partial charge in [-0.05, 0) is 31.0 Å². The van der Waals surface area contributed by atoms with Gasteiger partial charge in [0.2, 0.25) is 15.9 Å². The van der Waals surface area contributed by atoms with E-state index >= 15 is 0 Å². The van der Waals surface area contributed by atoms with E-state index in [9.17, 15) is 13.2 Å². The number of carbonyl (C=O) groups is 1. The zero-order chi connectivity index (χ0) is 18.7. The van der Waals surface area contributed by atoms with Crippen LogP contribution in [0, 0.1) is 0 Å². The molecule has 0 spiro atoms. The van der Waals surface area contributed by atoms with E-state index in [2.05, 4.69) is 10.3 Å². The van der Waals surface area contributed by atoms with Gasteiger partial charge in [0.25, 0.3) is 0 Å². The Morgan fingerprint density at radius 1 is 1.31 bits per heavy atom. The van der Waals surface area contributed by atoms with E-state index in [4.69, 9.17) is 5.14 Å². The first-order valence-corrected chi connectivity index (χ1v) is 11.3. The highest BCUT2D eigenvalue weighted by molar-refractivity contribution is 7.99. The monoisotopic (exact) mass is 396 g/mol. The van der Waals surface area contributed by atoms with Crippen molar-refractivity contribution in [3.05, 3.63) is 18.2 Å². The van der Waals surface area contributed by atoms with E-state index in [1.165, 1.54) is 49.6 Å². The number of sulfonamides is 1. The maximum absolute atomic E-state index is 12.2. The number of primary sulfonamides is 1. The molecular weight excluding hydrogens is 372 g/mol. The van der Waals surface area contributed by atoms with Gasteiger partial charge in [0.15, 0.2) is 5.16 Å². The van der Waals surface area contributed by atoms with Crippen LogP contribution in [0.5, 0.6) is 0 Å². The number of thioether (sulfide) groups is 1. The van der Waals surface area contributed by atoms with Crippen molar-refractivity contribution >= 4 is 38.7 Å². The van der Waals surface area contributed by atoms with E-state index in [0.29, 0.717) is 10.7 Å². The second-order valence-corrected chi connectivity index (χ2v) is 9.20. The number of rotatable bonds is 5. The quantitative estimate of drug-likeness (QED) is 0.595. The van der Waals surface area contributed by atoms with Crippen LogP contribution in [0.2, 0.25) is 0 Å². The van der Waals surface area contributed by atoms with Crippen LogP contribution in [0.4, 0.5) is 0 Å². The van der Waals surface area contributed by atoms with Crippen molar-refractivity contribution < 1.29 is 13.2 Å². The number of carbonyl (C=O) groups excluding carboxylic acids is 1. The molecule has 0 bridgehead atoms. The first-order chi connectivity index (χ1) is 12.3. The fourth-order valence-corrected chi connectivity index (χ4v) is 4.62. The number of nitrogens with zero attached hydrogens (tertiary/aromatic N) is 2. The highest BCUT2D eigenvalue weighted by atomic mass is 32.2. The molecule has 142 valence electrons. The standard InChI is InChI=1S/C17H24N4O3S2/c1-21-15-9-8-13(26(18,23)24)10-14(15)20-17(21)25-11-16(22)19-12-6-4-2-3-5-7-12/h8-10,12H,2-7,11H2,1H3,(H,19,22)(H2,18,23,24). The zero-order valence-corrected chi connectivity index (χ0v) is 16.4. The van der Waals surface area contributed by atoms with Gasteiger partial charge in [-0.25, -0.2) is 18.5 Å². The van der Waals surface area contributed by atoms with Crippen LogP contribution in [-0.4, -0.2) is 35.7 Å². The van der Waals surface area contributed by atoms with Gasteiger partial charge >= 0.3 is 0 Å². The maximum Gasteiger partial charge on any atom is 0.238 e. The number of nitrogens with two attached hydrogens (primary N) is 1. The van der Waals surface area contributed by atoms with Crippen molar-refractivity contribution in [3.8, 4) is 0 Å². The van der Waals surface area contributed by atoms with Crippen molar-refractivity contribution in [3.63, 3.8) is 0 Å². The van der Waals surface area contributed by atoms with Gasteiger partial charge in [0, 0.05) is 13.1 Å². The summed E-state index contributed by atoms with van der Waals surface area (Å²) in [5, 5.41) is 8.96. The molecule has 1 amide bonds. The Kier molecular flexibility index (Phi) is 5.89. The third kappa shape index (κ3) is 4.57. The summed E-state index contributed by atoms with van der Waals surface area (Å²) in [6.07, 6.45) is 6.96. The smallest absolute Gasteiger partial charge is 0.238 e. The normalized spacial score (nSPS) is 16.5. The third-order valence-electron chi connectivity index (χ3n) is 4.69. The molecule has 1 aromatic carbocycles. The topological polar surface area (TPSA) is 107 Å². The molecule has 1 aromatic heterocycles. The van der Waals surface area contributed by atoms with E-state index in [-0.39, 0.29) is 22.6 Å². The van der Waals surface area contributed by atoms with Gasteiger partial charge in [-0.3, -0.25) is 4.79 Å². The first-order valence-electron chi connectivity index (χ1n) is 8.76. The van der Waals surface area contributed by atoms with Crippen molar-refractivity contribution in [2.24, 2.45) is 12.2 Å². The van der Waals surface area contributed by atoms with Gasteiger partial charge in [0.05, 0.1) is 21.7 Å². The van der Waals surface area contributed by atoms with Gasteiger partial charge < -0.3 is 9.88 Å². The molecule has 2 aromatic rings. The predicted molar refractivity (Wildman–Crippen MR) is 102 cm³/mol. The number of aromatic nitrogens is 2. The SMILES string of the molecule is Cn1c(SCC(=O)NC2CCCCCC2)nc2cc(S(N)(=O)=O)ccc21. The molecule has 26 heavy (non-hydrogen) atoms. The molecule has 0 radical (unpaired) electrons. The van der Waals surface area contributed by atoms with Crippen molar-refractivity contribution in [1.82, 2.24) is 14.9 Å². The summed E-state index contributed by atoms with van der Waals surface area (Å²) in [6, 6.07) is 4.88. The van der Waals surface area contributed by atoms with Crippen molar-refractivity contribution in [2.45, 2.75) is 54.6 Å². The van der Waals surface area contributed by atoms with Gasteiger partial charge in [0.1, 0.15) is 0 Å². The number of aryl methyl sites for hydroxylation is 1. The molecule has 0 aliphatic heterocycles. The number of hydrogen-bond donors (Lipinski definition) is 2. The Morgan fingerprint density at radius 3 is 2.65 bits per heavy atom. The fourth-order valence-electron chi connectivity index (χ4n) is 3.29. The number of fused-ring (bicyclic) bond motifs is 1. The molecule has 9 heteroatoms. The van der Waals surface area contributed by atoms with Crippen molar-refractivity contribution in [1.29, 1.82) is 0 Å². The molecule has 3 N–H and O–H groups in total. The summed E-state index contributed by atoms with van der Waals surface area (Å²) in [5.74, 6) is 0.301. The molecule has 1 aliphatic rings. The lowest BCUT2D eigenvalue weighted by Gasteiger charge is -2.15. The lowest BCUT2D eigenvalue weighted by atomic mass is 10.1. The highest BCUT2D eigenvalue weighted by Crippen LogP contribution is 2.25. The van der Waals surface area contributed by atoms with Crippen LogP contribution in [0.3, 0.4) is 0 Å². The summed E-state index contributed by atoms with van der Waals surface area (Å²) >= 11 is 1.35. The Morgan fingerprint density at radius 2 is 2.00 bits per heavy atom. The van der Waals surface area contributed by atoms with Crippen LogP contribution < -0.4 is 10.5 Å². The molecule has 3 rings (SSSR count). The summed E-state index contributed by atoms with van der Waals surface area (Å²) in [5.41, 5.74) is 1.34. The first kappa shape index (κ1) is 19.2. The number of benzene rings is 1. The Labute approximate surface area is 157 Å². The van der Waals surface area contributed by atoms with Gasteiger partial charge in [-0.15, -0.1) is 0 Å². The average molecular weight is 397 g/mol. The Hall–Kier alpha value is -1.58. The number of amides is 1. The van der Waals surface area contributed by atoms with Crippen molar-refractivity contribution in [2.75, 3.05) is 5.75 Å². The molecule has 1 aliphatic carbocycles. The molecule has 7 nitrogen and oxygen atoms in total.